The number of aliphatic hydroxyl groups excluding tert-OH is 1. The van der Waals surface area contributed by atoms with E-state index in [2.05, 4.69) is 5.32 Å². The van der Waals surface area contributed by atoms with Crippen molar-refractivity contribution in [2.75, 3.05) is 6.54 Å². The minimum Gasteiger partial charge on any atom is -0.392 e. The van der Waals surface area contributed by atoms with Gasteiger partial charge in [0.2, 0.25) is 0 Å². The van der Waals surface area contributed by atoms with Crippen LogP contribution >= 0.6 is 0 Å². The van der Waals surface area contributed by atoms with Crippen LogP contribution in [-0.4, -0.2) is 27.6 Å². The molecule has 0 aromatic heterocycles. The SMILES string of the molecule is CCC(NCC(C)O)c1c([N+](=O)[O-])cc(C(C)C)cc1[N+](=O)[O-]. The number of hydrogen-bond donors (Lipinski definition) is 2. The largest absolute Gasteiger partial charge is 0.392 e. The van der Waals surface area contributed by atoms with Gasteiger partial charge < -0.3 is 10.4 Å². The molecule has 0 saturated carbocycles. The highest BCUT2D eigenvalue weighted by Crippen LogP contribution is 2.38. The van der Waals surface area contributed by atoms with E-state index < -0.39 is 22.0 Å². The normalized spacial score (nSPS) is 13.8. The molecule has 0 amide bonds. The average Bonchev–Trinajstić information content (AvgIpc) is 2.46. The van der Waals surface area contributed by atoms with Crippen molar-refractivity contribution in [3.05, 3.63) is 43.5 Å². The van der Waals surface area contributed by atoms with Crippen LogP contribution in [0, 0.1) is 20.2 Å². The van der Waals surface area contributed by atoms with Gasteiger partial charge in [-0.15, -0.1) is 0 Å². The number of nitrogens with zero attached hydrogens (tertiary/aromatic N) is 2. The van der Waals surface area contributed by atoms with Gasteiger partial charge in [0.1, 0.15) is 5.56 Å². The van der Waals surface area contributed by atoms with Crippen molar-refractivity contribution in [2.24, 2.45) is 0 Å². The lowest BCUT2D eigenvalue weighted by Gasteiger charge is -2.19. The molecule has 8 heteroatoms. The molecule has 23 heavy (non-hydrogen) atoms. The third-order valence-electron chi connectivity index (χ3n) is 3.64. The maximum absolute atomic E-state index is 11.4. The van der Waals surface area contributed by atoms with E-state index >= 15 is 0 Å². The lowest BCUT2D eigenvalue weighted by molar-refractivity contribution is -0.396. The molecule has 128 valence electrons. The van der Waals surface area contributed by atoms with Gasteiger partial charge in [0, 0.05) is 24.7 Å². The number of rotatable bonds is 8. The molecule has 0 saturated heterocycles. The number of benzene rings is 1. The predicted molar refractivity (Wildman–Crippen MR) is 86.6 cm³/mol. The topological polar surface area (TPSA) is 119 Å². The number of hydrogen-bond acceptors (Lipinski definition) is 6. The predicted octanol–water partition coefficient (Wildman–Crippen LogP) is 3.05. The first-order valence-corrected chi connectivity index (χ1v) is 7.57. The summed E-state index contributed by atoms with van der Waals surface area (Å²) >= 11 is 0. The van der Waals surface area contributed by atoms with Crippen LogP contribution in [0.3, 0.4) is 0 Å². The molecule has 0 radical (unpaired) electrons. The number of nitro benzene ring substituents is 2. The fourth-order valence-electron chi connectivity index (χ4n) is 2.40. The van der Waals surface area contributed by atoms with Crippen molar-refractivity contribution >= 4 is 11.4 Å². The van der Waals surface area contributed by atoms with Crippen LogP contribution in [0.4, 0.5) is 11.4 Å². The minimum absolute atomic E-state index is 0.0625. The van der Waals surface area contributed by atoms with Gasteiger partial charge in [0.15, 0.2) is 0 Å². The third-order valence-corrected chi connectivity index (χ3v) is 3.64. The van der Waals surface area contributed by atoms with Crippen LogP contribution in [0.1, 0.15) is 57.2 Å². The Hall–Kier alpha value is -2.06. The molecule has 1 rings (SSSR count). The molecule has 0 spiro atoms. The Labute approximate surface area is 134 Å². The Kier molecular flexibility index (Phi) is 6.59. The van der Waals surface area contributed by atoms with E-state index in [0.29, 0.717) is 12.0 Å². The van der Waals surface area contributed by atoms with Gasteiger partial charge in [-0.25, -0.2) is 0 Å². The van der Waals surface area contributed by atoms with Gasteiger partial charge in [-0.3, -0.25) is 20.2 Å². The third kappa shape index (κ3) is 4.70. The molecule has 2 unspecified atom stereocenters. The van der Waals surface area contributed by atoms with Gasteiger partial charge in [0.25, 0.3) is 11.4 Å². The minimum atomic E-state index is -0.655. The zero-order chi connectivity index (χ0) is 17.7. The number of nitrogens with one attached hydrogen (secondary N) is 1. The second-order valence-electron chi connectivity index (χ2n) is 5.86. The van der Waals surface area contributed by atoms with Gasteiger partial charge >= 0.3 is 0 Å². The highest BCUT2D eigenvalue weighted by atomic mass is 16.6. The molecule has 0 bridgehead atoms. The van der Waals surface area contributed by atoms with Crippen molar-refractivity contribution in [1.82, 2.24) is 5.32 Å². The Morgan fingerprint density at radius 2 is 1.61 bits per heavy atom. The highest BCUT2D eigenvalue weighted by Gasteiger charge is 2.32. The molecule has 0 heterocycles. The van der Waals surface area contributed by atoms with Gasteiger partial charge in [-0.2, -0.15) is 0 Å². The van der Waals surface area contributed by atoms with Crippen molar-refractivity contribution in [3.63, 3.8) is 0 Å². The van der Waals surface area contributed by atoms with Crippen LogP contribution in [-0.2, 0) is 0 Å². The number of aliphatic hydroxyl groups is 1. The second-order valence-corrected chi connectivity index (χ2v) is 5.86. The smallest absolute Gasteiger partial charge is 0.281 e. The number of nitro groups is 2. The van der Waals surface area contributed by atoms with E-state index in [1.54, 1.807) is 13.8 Å². The summed E-state index contributed by atoms with van der Waals surface area (Å²) in [5, 5.41) is 35.2. The summed E-state index contributed by atoms with van der Waals surface area (Å²) in [6.07, 6.45) is -0.229. The van der Waals surface area contributed by atoms with E-state index in [1.807, 2.05) is 13.8 Å². The molecule has 0 aliphatic heterocycles. The quantitative estimate of drug-likeness (QED) is 0.560. The molecule has 2 N–H and O–H groups in total. The fourth-order valence-corrected chi connectivity index (χ4v) is 2.40. The van der Waals surface area contributed by atoms with Crippen LogP contribution in [0.25, 0.3) is 0 Å². The maximum Gasteiger partial charge on any atom is 0.281 e. The first kappa shape index (κ1) is 19.0. The first-order valence-electron chi connectivity index (χ1n) is 7.57. The van der Waals surface area contributed by atoms with Gasteiger partial charge in [-0.1, -0.05) is 20.8 Å². The molecule has 0 fully saturated rings. The summed E-state index contributed by atoms with van der Waals surface area (Å²) in [6, 6.07) is 2.23. The molecule has 0 aliphatic rings. The molecule has 1 aromatic carbocycles. The Balaban J connectivity index is 3.52. The zero-order valence-electron chi connectivity index (χ0n) is 13.8. The lowest BCUT2D eigenvalue weighted by Crippen LogP contribution is -2.29. The summed E-state index contributed by atoms with van der Waals surface area (Å²) in [4.78, 5) is 21.7. The Morgan fingerprint density at radius 1 is 1.13 bits per heavy atom. The van der Waals surface area contributed by atoms with Gasteiger partial charge in [0.05, 0.1) is 16.0 Å². The van der Waals surface area contributed by atoms with E-state index in [4.69, 9.17) is 0 Å². The summed E-state index contributed by atoms with van der Waals surface area (Å²) in [7, 11) is 0. The molecule has 8 nitrogen and oxygen atoms in total. The van der Waals surface area contributed by atoms with Crippen LogP contribution in [0.2, 0.25) is 0 Å². The maximum atomic E-state index is 11.4. The molecule has 1 aromatic rings. The summed E-state index contributed by atoms with van der Waals surface area (Å²) < 4.78 is 0. The summed E-state index contributed by atoms with van der Waals surface area (Å²) in [5.74, 6) is -0.0630. The van der Waals surface area contributed by atoms with Crippen molar-refractivity contribution < 1.29 is 15.0 Å². The Morgan fingerprint density at radius 3 is 1.91 bits per heavy atom. The van der Waals surface area contributed by atoms with E-state index in [1.165, 1.54) is 12.1 Å². The fraction of sp³-hybridized carbons (Fsp3) is 0.600. The van der Waals surface area contributed by atoms with E-state index in [9.17, 15) is 25.3 Å². The molecule has 2 atom stereocenters. The van der Waals surface area contributed by atoms with Crippen molar-refractivity contribution in [2.45, 2.75) is 52.2 Å². The van der Waals surface area contributed by atoms with Crippen LogP contribution < -0.4 is 5.32 Å². The molecular weight excluding hydrogens is 302 g/mol. The van der Waals surface area contributed by atoms with Crippen LogP contribution in [0.15, 0.2) is 12.1 Å². The highest BCUT2D eigenvalue weighted by molar-refractivity contribution is 5.58. The lowest BCUT2D eigenvalue weighted by atomic mass is 9.94. The monoisotopic (exact) mass is 325 g/mol. The first-order chi connectivity index (χ1) is 10.7. The Bertz CT molecular complexity index is 551. The van der Waals surface area contributed by atoms with Crippen molar-refractivity contribution in [1.29, 1.82) is 0 Å². The van der Waals surface area contributed by atoms with Crippen molar-refractivity contribution in [3.8, 4) is 0 Å². The summed E-state index contributed by atoms with van der Waals surface area (Å²) in [5.41, 5.74) is 0.103. The second kappa shape index (κ2) is 7.98. The van der Waals surface area contributed by atoms with E-state index in [-0.39, 0.29) is 29.4 Å². The van der Waals surface area contributed by atoms with Crippen LogP contribution in [0.5, 0.6) is 0 Å². The van der Waals surface area contributed by atoms with E-state index in [0.717, 1.165) is 0 Å². The average molecular weight is 325 g/mol. The summed E-state index contributed by atoms with van der Waals surface area (Å²) in [6.45, 7) is 7.20. The molecular formula is C15H23N3O5. The zero-order valence-corrected chi connectivity index (χ0v) is 13.8. The standard InChI is InChI=1S/C15H23N3O5/c1-5-12(16-8-10(4)19)15-13(17(20)21)6-11(9(2)3)7-14(15)18(22)23/h6-7,9-10,12,16,19H,5,8H2,1-4H3. The molecule has 0 aliphatic carbocycles. The van der Waals surface area contributed by atoms with Gasteiger partial charge in [-0.05, 0) is 24.8 Å².